The van der Waals surface area contributed by atoms with Crippen molar-refractivity contribution < 1.29 is 17.7 Å². The fourth-order valence-corrected chi connectivity index (χ4v) is 2.77. The van der Waals surface area contributed by atoms with Gasteiger partial charge in [-0.1, -0.05) is 12.1 Å². The van der Waals surface area contributed by atoms with Gasteiger partial charge >= 0.3 is 0 Å². The molecule has 2 rings (SSSR count). The standard InChI is InChI=1S/C14H12F2O2S/c1-18-14-6-5-10(7-13(14)16)9-19(17)12-4-2-3-11(15)8-12/h2-8H,9H2,1H3. The quantitative estimate of drug-likeness (QED) is 0.860. The van der Waals surface area contributed by atoms with E-state index in [4.69, 9.17) is 4.74 Å². The molecule has 19 heavy (non-hydrogen) atoms. The maximum atomic E-state index is 13.5. The van der Waals surface area contributed by atoms with Crippen molar-refractivity contribution in [1.82, 2.24) is 0 Å². The van der Waals surface area contributed by atoms with E-state index in [1.54, 1.807) is 12.1 Å². The van der Waals surface area contributed by atoms with E-state index in [-0.39, 0.29) is 11.5 Å². The van der Waals surface area contributed by atoms with E-state index in [2.05, 4.69) is 0 Å². The van der Waals surface area contributed by atoms with E-state index in [1.807, 2.05) is 0 Å². The van der Waals surface area contributed by atoms with E-state index in [9.17, 15) is 13.0 Å². The molecule has 0 amide bonds. The third-order valence-corrected chi connectivity index (χ3v) is 3.95. The number of rotatable bonds is 4. The van der Waals surface area contributed by atoms with Gasteiger partial charge in [-0.2, -0.15) is 0 Å². The van der Waals surface area contributed by atoms with Gasteiger partial charge in [-0.15, -0.1) is 0 Å². The molecule has 2 nitrogen and oxygen atoms in total. The number of ether oxygens (including phenoxy) is 1. The summed E-state index contributed by atoms with van der Waals surface area (Å²) in [5.41, 5.74) is 0.570. The van der Waals surface area contributed by atoms with Gasteiger partial charge in [-0.05, 0) is 35.9 Å². The first-order valence-corrected chi connectivity index (χ1v) is 6.88. The first kappa shape index (κ1) is 13.7. The van der Waals surface area contributed by atoms with Crippen molar-refractivity contribution in [1.29, 1.82) is 0 Å². The van der Waals surface area contributed by atoms with E-state index in [0.717, 1.165) is 0 Å². The minimum Gasteiger partial charge on any atom is -0.494 e. The normalized spacial score (nSPS) is 12.2. The molecule has 0 saturated heterocycles. The molecule has 1 atom stereocenters. The molecular formula is C14H12F2O2S. The summed E-state index contributed by atoms with van der Waals surface area (Å²) in [6.45, 7) is 0. The lowest BCUT2D eigenvalue weighted by molar-refractivity contribution is 0.386. The summed E-state index contributed by atoms with van der Waals surface area (Å²) in [7, 11) is -0.0310. The summed E-state index contributed by atoms with van der Waals surface area (Å²) in [5.74, 6) is -0.673. The maximum Gasteiger partial charge on any atom is 0.165 e. The molecule has 2 aromatic rings. The van der Waals surface area contributed by atoms with Crippen LogP contribution in [-0.4, -0.2) is 11.3 Å². The smallest absolute Gasteiger partial charge is 0.165 e. The van der Waals surface area contributed by atoms with Gasteiger partial charge in [0.15, 0.2) is 11.6 Å². The second-order valence-electron chi connectivity index (χ2n) is 3.92. The van der Waals surface area contributed by atoms with Crippen molar-refractivity contribution in [3.8, 4) is 5.75 Å². The summed E-state index contributed by atoms with van der Waals surface area (Å²) in [6, 6.07) is 9.97. The van der Waals surface area contributed by atoms with Gasteiger partial charge in [0.2, 0.25) is 0 Å². The van der Waals surface area contributed by atoms with Crippen LogP contribution in [0.25, 0.3) is 0 Å². The van der Waals surface area contributed by atoms with E-state index in [1.165, 1.54) is 37.4 Å². The predicted molar refractivity (Wildman–Crippen MR) is 69.5 cm³/mol. The highest BCUT2D eigenvalue weighted by atomic mass is 32.2. The van der Waals surface area contributed by atoms with Gasteiger partial charge in [0.25, 0.3) is 0 Å². The van der Waals surface area contributed by atoms with Gasteiger partial charge < -0.3 is 4.74 Å². The van der Waals surface area contributed by atoms with Crippen LogP contribution in [0.3, 0.4) is 0 Å². The lowest BCUT2D eigenvalue weighted by atomic mass is 10.2. The average molecular weight is 282 g/mol. The van der Waals surface area contributed by atoms with Crippen molar-refractivity contribution in [3.63, 3.8) is 0 Å². The Bertz CT molecular complexity index is 614. The van der Waals surface area contributed by atoms with Gasteiger partial charge in [0, 0.05) is 4.90 Å². The molecule has 100 valence electrons. The zero-order valence-electron chi connectivity index (χ0n) is 10.2. The lowest BCUT2D eigenvalue weighted by Crippen LogP contribution is -1.98. The van der Waals surface area contributed by atoms with Crippen molar-refractivity contribution in [2.45, 2.75) is 10.6 Å². The summed E-state index contributed by atoms with van der Waals surface area (Å²) in [4.78, 5) is 0.385. The van der Waals surface area contributed by atoms with Crippen LogP contribution >= 0.6 is 0 Å². The Morgan fingerprint density at radius 3 is 2.58 bits per heavy atom. The molecule has 0 fully saturated rings. The molecule has 0 saturated carbocycles. The molecule has 0 heterocycles. The number of halogens is 2. The molecule has 0 bridgehead atoms. The number of hydrogen-bond donors (Lipinski definition) is 0. The molecular weight excluding hydrogens is 270 g/mol. The number of benzene rings is 2. The predicted octanol–water partition coefficient (Wildman–Crippen LogP) is 3.28. The van der Waals surface area contributed by atoms with Crippen LogP contribution < -0.4 is 4.74 Å². The van der Waals surface area contributed by atoms with Crippen LogP contribution in [0.15, 0.2) is 47.4 Å². The van der Waals surface area contributed by atoms with Gasteiger partial charge in [0.05, 0.1) is 23.7 Å². The van der Waals surface area contributed by atoms with Crippen molar-refractivity contribution in [2.24, 2.45) is 0 Å². The van der Waals surface area contributed by atoms with E-state index < -0.39 is 22.4 Å². The van der Waals surface area contributed by atoms with Crippen LogP contribution in [0, 0.1) is 11.6 Å². The Morgan fingerprint density at radius 2 is 1.95 bits per heavy atom. The summed E-state index contributed by atoms with van der Waals surface area (Å²) in [5, 5.41) is 0. The second-order valence-corrected chi connectivity index (χ2v) is 5.37. The highest BCUT2D eigenvalue weighted by molar-refractivity contribution is 7.84. The van der Waals surface area contributed by atoms with Gasteiger partial charge in [-0.25, -0.2) is 8.78 Å². The van der Waals surface area contributed by atoms with Gasteiger partial charge in [0.1, 0.15) is 5.82 Å². The molecule has 2 aromatic carbocycles. The molecule has 0 aliphatic carbocycles. The van der Waals surface area contributed by atoms with E-state index in [0.29, 0.717) is 10.5 Å². The Morgan fingerprint density at radius 1 is 1.16 bits per heavy atom. The van der Waals surface area contributed by atoms with Crippen LogP contribution in [0.5, 0.6) is 5.75 Å². The molecule has 0 aromatic heterocycles. The Kier molecular flexibility index (Phi) is 4.27. The van der Waals surface area contributed by atoms with Crippen LogP contribution in [0.1, 0.15) is 5.56 Å². The number of methoxy groups -OCH3 is 1. The van der Waals surface area contributed by atoms with Crippen molar-refractivity contribution >= 4 is 10.8 Å². The fourth-order valence-electron chi connectivity index (χ4n) is 1.64. The molecule has 0 radical (unpaired) electrons. The summed E-state index contributed by atoms with van der Waals surface area (Å²) >= 11 is 0. The maximum absolute atomic E-state index is 13.5. The Labute approximate surface area is 112 Å². The Balaban J connectivity index is 2.17. The third-order valence-electron chi connectivity index (χ3n) is 2.57. The first-order valence-electron chi connectivity index (χ1n) is 5.56. The third kappa shape index (κ3) is 3.38. The van der Waals surface area contributed by atoms with E-state index >= 15 is 0 Å². The molecule has 0 N–H and O–H groups in total. The van der Waals surface area contributed by atoms with Crippen LogP contribution in [-0.2, 0) is 16.6 Å². The largest absolute Gasteiger partial charge is 0.494 e. The number of hydrogen-bond acceptors (Lipinski definition) is 2. The topological polar surface area (TPSA) is 26.3 Å². The summed E-state index contributed by atoms with van der Waals surface area (Å²) in [6.07, 6.45) is 0. The monoisotopic (exact) mass is 282 g/mol. The lowest BCUT2D eigenvalue weighted by Gasteiger charge is -2.06. The molecule has 5 heteroatoms. The zero-order valence-corrected chi connectivity index (χ0v) is 11.0. The highest BCUT2D eigenvalue weighted by Gasteiger charge is 2.09. The average Bonchev–Trinajstić information content (AvgIpc) is 2.39. The van der Waals surface area contributed by atoms with Gasteiger partial charge in [-0.3, -0.25) is 4.21 Å². The van der Waals surface area contributed by atoms with Crippen molar-refractivity contribution in [2.75, 3.05) is 7.11 Å². The first-order chi connectivity index (χ1) is 9.10. The SMILES string of the molecule is COc1ccc(CS(=O)c2cccc(F)c2)cc1F. The van der Waals surface area contributed by atoms with Crippen LogP contribution in [0.2, 0.25) is 0 Å². The second kappa shape index (κ2) is 5.93. The summed E-state index contributed by atoms with van der Waals surface area (Å²) < 4.78 is 43.3. The Hall–Kier alpha value is -1.75. The highest BCUT2D eigenvalue weighted by Crippen LogP contribution is 2.20. The molecule has 0 aliphatic rings. The zero-order chi connectivity index (χ0) is 13.8. The molecule has 0 spiro atoms. The molecule has 0 aliphatic heterocycles. The van der Waals surface area contributed by atoms with Crippen molar-refractivity contribution in [3.05, 3.63) is 59.7 Å². The fraction of sp³-hybridized carbons (Fsp3) is 0.143. The minimum atomic E-state index is -1.41. The minimum absolute atomic E-state index is 0.129. The molecule has 1 unspecified atom stereocenters. The van der Waals surface area contributed by atoms with Crippen LogP contribution in [0.4, 0.5) is 8.78 Å².